The Morgan fingerprint density at radius 3 is 2.76 bits per heavy atom. The topological polar surface area (TPSA) is 129 Å². The van der Waals surface area contributed by atoms with Crippen LogP contribution in [0.4, 0.5) is 5.69 Å². The molecule has 1 aliphatic rings. The van der Waals surface area contributed by atoms with Crippen molar-refractivity contribution < 1.29 is 19.2 Å². The van der Waals surface area contributed by atoms with Crippen LogP contribution in [0.25, 0.3) is 10.9 Å². The van der Waals surface area contributed by atoms with E-state index in [1.807, 2.05) is 19.9 Å². The number of amides is 1. The largest absolute Gasteiger partial charge is 0.483 e. The SMILES string of the molecule is CC[C@H](C)c1nc2ccc(Br)cc2c(=O)n1N=Cc1cc([N+](=O)[O-])ccc1OCC(=O)N1CCOCC1. The Morgan fingerprint density at radius 2 is 2.05 bits per heavy atom. The molecule has 1 aromatic heterocycles. The summed E-state index contributed by atoms with van der Waals surface area (Å²) in [6.07, 6.45) is 2.04. The van der Waals surface area contributed by atoms with Gasteiger partial charge in [-0.2, -0.15) is 9.78 Å². The maximum absolute atomic E-state index is 13.4. The number of halogens is 1. The number of carbonyl (C=O) groups is 1. The summed E-state index contributed by atoms with van der Waals surface area (Å²) in [5.41, 5.74) is 0.257. The maximum atomic E-state index is 13.4. The molecular weight excluding hydrogens is 546 g/mol. The normalized spacial score (nSPS) is 14.7. The van der Waals surface area contributed by atoms with Gasteiger partial charge in [0.15, 0.2) is 6.61 Å². The average Bonchev–Trinajstić information content (AvgIpc) is 2.91. The van der Waals surface area contributed by atoms with Gasteiger partial charge >= 0.3 is 0 Å². The van der Waals surface area contributed by atoms with Crippen LogP contribution in [0.2, 0.25) is 0 Å². The third kappa shape index (κ3) is 6.03. The minimum Gasteiger partial charge on any atom is -0.483 e. The highest BCUT2D eigenvalue weighted by Gasteiger charge is 2.19. The summed E-state index contributed by atoms with van der Waals surface area (Å²) in [7, 11) is 0. The molecule has 0 saturated carbocycles. The van der Waals surface area contributed by atoms with E-state index in [2.05, 4.69) is 26.0 Å². The van der Waals surface area contributed by atoms with Gasteiger partial charge in [-0.15, -0.1) is 0 Å². The second kappa shape index (κ2) is 11.6. The van der Waals surface area contributed by atoms with E-state index in [1.54, 1.807) is 17.0 Å². The molecule has 4 rings (SSSR count). The van der Waals surface area contributed by atoms with E-state index in [4.69, 9.17) is 9.47 Å². The van der Waals surface area contributed by atoms with Gasteiger partial charge in [0.05, 0.1) is 35.3 Å². The summed E-state index contributed by atoms with van der Waals surface area (Å²) < 4.78 is 12.9. The number of hydrogen-bond acceptors (Lipinski definition) is 8. The van der Waals surface area contributed by atoms with Gasteiger partial charge in [0, 0.05) is 41.2 Å². The van der Waals surface area contributed by atoms with Gasteiger partial charge in [-0.05, 0) is 30.7 Å². The van der Waals surface area contributed by atoms with Crippen LogP contribution in [0.1, 0.15) is 37.6 Å². The Bertz CT molecular complexity index is 1420. The molecule has 2 aromatic carbocycles. The quantitative estimate of drug-likeness (QED) is 0.229. The second-order valence-electron chi connectivity index (χ2n) is 8.56. The minimum atomic E-state index is -0.536. The Hall–Kier alpha value is -3.64. The number of morpholine rings is 1. The van der Waals surface area contributed by atoms with Crippen molar-refractivity contribution in [1.82, 2.24) is 14.6 Å². The molecule has 1 atom stereocenters. The van der Waals surface area contributed by atoms with E-state index in [-0.39, 0.29) is 41.0 Å². The second-order valence-corrected chi connectivity index (χ2v) is 9.48. The highest BCUT2D eigenvalue weighted by atomic mass is 79.9. The fourth-order valence-corrected chi connectivity index (χ4v) is 4.19. The molecule has 3 aromatic rings. The number of benzene rings is 2. The summed E-state index contributed by atoms with van der Waals surface area (Å²) in [4.78, 5) is 43.1. The number of rotatable bonds is 8. The molecule has 1 amide bonds. The first-order valence-corrected chi connectivity index (χ1v) is 12.6. The zero-order valence-electron chi connectivity index (χ0n) is 20.4. The molecule has 0 spiro atoms. The number of nitrogens with zero attached hydrogens (tertiary/aromatic N) is 5. The number of nitro benzene ring substituents is 1. The predicted octanol–water partition coefficient (Wildman–Crippen LogP) is 3.70. The lowest BCUT2D eigenvalue weighted by molar-refractivity contribution is -0.384. The highest BCUT2D eigenvalue weighted by molar-refractivity contribution is 9.10. The van der Waals surface area contributed by atoms with Gasteiger partial charge in [-0.25, -0.2) is 4.98 Å². The lowest BCUT2D eigenvalue weighted by Gasteiger charge is -2.26. The first-order chi connectivity index (χ1) is 17.8. The molecule has 2 heterocycles. The van der Waals surface area contributed by atoms with Crippen molar-refractivity contribution in [3.8, 4) is 5.75 Å². The number of ether oxygens (including phenoxy) is 2. The van der Waals surface area contributed by atoms with Gasteiger partial charge in [0.25, 0.3) is 17.2 Å². The van der Waals surface area contributed by atoms with Crippen molar-refractivity contribution in [2.24, 2.45) is 5.10 Å². The lowest BCUT2D eigenvalue weighted by Crippen LogP contribution is -2.43. The van der Waals surface area contributed by atoms with E-state index >= 15 is 0 Å². The fraction of sp³-hybridized carbons (Fsp3) is 0.360. The Kier molecular flexibility index (Phi) is 8.29. The zero-order valence-corrected chi connectivity index (χ0v) is 22.0. The third-order valence-electron chi connectivity index (χ3n) is 6.12. The van der Waals surface area contributed by atoms with Crippen molar-refractivity contribution in [3.63, 3.8) is 0 Å². The van der Waals surface area contributed by atoms with Crippen molar-refractivity contribution in [3.05, 3.63) is 72.7 Å². The van der Waals surface area contributed by atoms with Crippen molar-refractivity contribution >= 4 is 44.6 Å². The molecule has 194 valence electrons. The van der Waals surface area contributed by atoms with Crippen LogP contribution in [0.15, 0.2) is 50.8 Å². The van der Waals surface area contributed by atoms with Crippen molar-refractivity contribution in [1.29, 1.82) is 0 Å². The fourth-order valence-electron chi connectivity index (χ4n) is 3.82. The monoisotopic (exact) mass is 571 g/mol. The summed E-state index contributed by atoms with van der Waals surface area (Å²) >= 11 is 3.38. The van der Waals surface area contributed by atoms with Crippen LogP contribution in [-0.4, -0.2) is 64.5 Å². The maximum Gasteiger partial charge on any atom is 0.282 e. The number of fused-ring (bicyclic) bond motifs is 1. The molecular formula is C25H26BrN5O6. The third-order valence-corrected chi connectivity index (χ3v) is 6.61. The average molecular weight is 572 g/mol. The molecule has 1 saturated heterocycles. The highest BCUT2D eigenvalue weighted by Crippen LogP contribution is 2.24. The number of aromatic nitrogens is 2. The van der Waals surface area contributed by atoms with Gasteiger partial charge in [0.2, 0.25) is 0 Å². The summed E-state index contributed by atoms with van der Waals surface area (Å²) in [6, 6.07) is 9.25. The molecule has 11 nitrogen and oxygen atoms in total. The van der Waals surface area contributed by atoms with Crippen LogP contribution in [0.3, 0.4) is 0 Å². The molecule has 1 fully saturated rings. The van der Waals surface area contributed by atoms with Crippen molar-refractivity contribution in [2.45, 2.75) is 26.2 Å². The Labute approximate surface area is 221 Å². The van der Waals surface area contributed by atoms with Crippen LogP contribution in [-0.2, 0) is 9.53 Å². The summed E-state index contributed by atoms with van der Waals surface area (Å²) in [5, 5.41) is 16.2. The Morgan fingerprint density at radius 1 is 1.30 bits per heavy atom. The Balaban J connectivity index is 1.72. The number of non-ortho nitro benzene ring substituents is 1. The van der Waals surface area contributed by atoms with Gasteiger partial charge in [0.1, 0.15) is 11.6 Å². The molecule has 0 radical (unpaired) electrons. The summed E-state index contributed by atoms with van der Waals surface area (Å²) in [6.45, 7) is 5.55. The van der Waals surface area contributed by atoms with Crippen LogP contribution >= 0.6 is 15.9 Å². The summed E-state index contributed by atoms with van der Waals surface area (Å²) in [5.74, 6) is 0.397. The molecule has 0 N–H and O–H groups in total. The molecule has 1 aliphatic heterocycles. The number of carbonyl (C=O) groups excluding carboxylic acids is 1. The first-order valence-electron chi connectivity index (χ1n) is 11.8. The molecule has 0 bridgehead atoms. The van der Waals surface area contributed by atoms with E-state index in [0.717, 1.165) is 10.9 Å². The van der Waals surface area contributed by atoms with E-state index < -0.39 is 4.92 Å². The molecule has 0 unspecified atom stereocenters. The lowest BCUT2D eigenvalue weighted by atomic mass is 10.1. The minimum absolute atomic E-state index is 0.0788. The number of hydrogen-bond donors (Lipinski definition) is 0. The van der Waals surface area contributed by atoms with Gasteiger partial charge in [-0.3, -0.25) is 19.7 Å². The standard InChI is InChI=1S/C25H26BrN5O6/c1-3-16(2)24-28-21-6-4-18(26)13-20(21)25(33)30(24)27-14-17-12-19(31(34)35)5-7-22(17)37-15-23(32)29-8-10-36-11-9-29/h4-7,12-14,16H,3,8-11,15H2,1-2H3/t16-/m0/s1. The molecule has 12 heteroatoms. The van der Waals surface area contributed by atoms with Crippen LogP contribution in [0, 0.1) is 10.1 Å². The number of nitro groups is 1. The smallest absolute Gasteiger partial charge is 0.282 e. The van der Waals surface area contributed by atoms with Crippen LogP contribution < -0.4 is 10.3 Å². The van der Waals surface area contributed by atoms with E-state index in [9.17, 15) is 19.7 Å². The first kappa shape index (κ1) is 26.4. The predicted molar refractivity (Wildman–Crippen MR) is 141 cm³/mol. The van der Waals surface area contributed by atoms with Gasteiger partial charge < -0.3 is 14.4 Å². The van der Waals surface area contributed by atoms with Crippen molar-refractivity contribution in [2.75, 3.05) is 32.9 Å². The molecule has 37 heavy (non-hydrogen) atoms. The van der Waals surface area contributed by atoms with Gasteiger partial charge in [-0.1, -0.05) is 29.8 Å². The van der Waals surface area contributed by atoms with E-state index in [0.29, 0.717) is 43.0 Å². The van der Waals surface area contributed by atoms with E-state index in [1.165, 1.54) is 29.1 Å². The van der Waals surface area contributed by atoms with Crippen LogP contribution in [0.5, 0.6) is 5.75 Å². The molecule has 0 aliphatic carbocycles. The zero-order chi connectivity index (χ0) is 26.5.